The number of hydrogen-bond acceptors (Lipinski definition) is 4. The molecule has 0 saturated carbocycles. The largest absolute Gasteiger partial charge is 0.374 e. The zero-order valence-electron chi connectivity index (χ0n) is 11.6. The summed E-state index contributed by atoms with van der Waals surface area (Å²) in [5.41, 5.74) is 1.91. The minimum absolute atomic E-state index is 0.159. The molecule has 1 aliphatic rings. The van der Waals surface area contributed by atoms with E-state index in [0.717, 1.165) is 26.2 Å². The fraction of sp³-hybridized carbons (Fsp3) is 0.533. The predicted octanol–water partition coefficient (Wildman–Crippen LogP) is 1.54. The smallest absolute Gasteiger partial charge is 0.0991 e. The van der Waals surface area contributed by atoms with Gasteiger partial charge in [-0.1, -0.05) is 19.1 Å². The number of morpholine rings is 1. The lowest BCUT2D eigenvalue weighted by Gasteiger charge is -2.39. The third-order valence-corrected chi connectivity index (χ3v) is 3.58. The topological polar surface area (TPSA) is 48.3 Å². The maximum Gasteiger partial charge on any atom is 0.0991 e. The van der Waals surface area contributed by atoms with E-state index in [9.17, 15) is 0 Å². The Morgan fingerprint density at radius 3 is 2.79 bits per heavy atom. The van der Waals surface area contributed by atoms with Crippen LogP contribution in [-0.4, -0.2) is 44.3 Å². The Morgan fingerprint density at radius 1 is 1.42 bits per heavy atom. The SMILES string of the molecule is CCNCC1OCCN(C)C1c1ccc(C#N)cc1. The van der Waals surface area contributed by atoms with E-state index in [-0.39, 0.29) is 12.1 Å². The first-order valence-electron chi connectivity index (χ1n) is 6.79. The first kappa shape index (κ1) is 14.0. The highest BCUT2D eigenvalue weighted by Crippen LogP contribution is 2.28. The minimum Gasteiger partial charge on any atom is -0.374 e. The summed E-state index contributed by atoms with van der Waals surface area (Å²) in [5.74, 6) is 0. The Labute approximate surface area is 115 Å². The van der Waals surface area contributed by atoms with Gasteiger partial charge in [-0.3, -0.25) is 4.90 Å². The summed E-state index contributed by atoms with van der Waals surface area (Å²) in [6.45, 7) is 5.62. The molecule has 0 bridgehead atoms. The highest BCUT2D eigenvalue weighted by atomic mass is 16.5. The molecule has 4 heteroatoms. The van der Waals surface area contributed by atoms with E-state index in [0.29, 0.717) is 5.56 Å². The molecule has 1 saturated heterocycles. The van der Waals surface area contributed by atoms with Crippen LogP contribution in [0.4, 0.5) is 0 Å². The summed E-state index contributed by atoms with van der Waals surface area (Å²) in [6.07, 6.45) is 0.159. The lowest BCUT2D eigenvalue weighted by Crippen LogP contribution is -2.47. The molecule has 19 heavy (non-hydrogen) atoms. The van der Waals surface area contributed by atoms with Gasteiger partial charge in [0.15, 0.2) is 0 Å². The van der Waals surface area contributed by atoms with Gasteiger partial charge in [0.05, 0.1) is 30.4 Å². The van der Waals surface area contributed by atoms with E-state index in [2.05, 4.69) is 30.3 Å². The van der Waals surface area contributed by atoms with Gasteiger partial charge in [0.2, 0.25) is 0 Å². The molecule has 0 amide bonds. The van der Waals surface area contributed by atoms with Crippen molar-refractivity contribution >= 4 is 0 Å². The number of benzene rings is 1. The second-order valence-corrected chi connectivity index (χ2v) is 4.88. The van der Waals surface area contributed by atoms with Crippen LogP contribution in [0.5, 0.6) is 0 Å². The summed E-state index contributed by atoms with van der Waals surface area (Å²) in [6, 6.07) is 10.2. The quantitative estimate of drug-likeness (QED) is 0.891. The third kappa shape index (κ3) is 3.32. The van der Waals surface area contributed by atoms with Crippen molar-refractivity contribution in [3.63, 3.8) is 0 Å². The second kappa shape index (κ2) is 6.67. The van der Waals surface area contributed by atoms with Crippen LogP contribution in [0.1, 0.15) is 24.1 Å². The Hall–Kier alpha value is -1.41. The van der Waals surface area contributed by atoms with E-state index in [1.165, 1.54) is 5.56 Å². The van der Waals surface area contributed by atoms with E-state index < -0.39 is 0 Å². The van der Waals surface area contributed by atoms with Gasteiger partial charge in [-0.15, -0.1) is 0 Å². The van der Waals surface area contributed by atoms with E-state index in [1.54, 1.807) is 0 Å². The molecule has 0 radical (unpaired) electrons. The van der Waals surface area contributed by atoms with Crippen LogP contribution in [0.25, 0.3) is 0 Å². The molecule has 1 aromatic carbocycles. The normalized spacial score (nSPS) is 24.1. The van der Waals surface area contributed by atoms with Crippen LogP contribution in [-0.2, 0) is 4.74 Å². The average Bonchev–Trinajstić information content (AvgIpc) is 2.45. The van der Waals surface area contributed by atoms with Gasteiger partial charge >= 0.3 is 0 Å². The van der Waals surface area contributed by atoms with Crippen LogP contribution >= 0.6 is 0 Å². The lowest BCUT2D eigenvalue weighted by molar-refractivity contribution is -0.0611. The Balaban J connectivity index is 2.18. The number of rotatable bonds is 4. The first-order chi connectivity index (χ1) is 9.26. The van der Waals surface area contributed by atoms with Crippen LogP contribution in [0.15, 0.2) is 24.3 Å². The van der Waals surface area contributed by atoms with Gasteiger partial charge in [0, 0.05) is 13.1 Å². The molecule has 2 unspecified atom stereocenters. The molecule has 2 rings (SSSR count). The Bertz CT molecular complexity index is 438. The van der Waals surface area contributed by atoms with Crippen LogP contribution in [0.2, 0.25) is 0 Å². The molecular weight excluding hydrogens is 238 g/mol. The zero-order valence-corrected chi connectivity index (χ0v) is 11.6. The summed E-state index contributed by atoms with van der Waals surface area (Å²) < 4.78 is 5.90. The number of hydrogen-bond donors (Lipinski definition) is 1. The van der Waals surface area contributed by atoms with Crippen LogP contribution < -0.4 is 5.32 Å². The van der Waals surface area contributed by atoms with E-state index >= 15 is 0 Å². The highest BCUT2D eigenvalue weighted by Gasteiger charge is 2.30. The first-order valence-corrected chi connectivity index (χ1v) is 6.79. The summed E-state index contributed by atoms with van der Waals surface area (Å²) in [4.78, 5) is 2.33. The van der Waals surface area contributed by atoms with Crippen molar-refractivity contribution in [1.29, 1.82) is 5.26 Å². The van der Waals surface area contributed by atoms with Crippen LogP contribution in [0.3, 0.4) is 0 Å². The average molecular weight is 259 g/mol. The van der Waals surface area contributed by atoms with Crippen molar-refractivity contribution in [2.45, 2.75) is 19.1 Å². The van der Waals surface area contributed by atoms with Gasteiger partial charge in [-0.2, -0.15) is 5.26 Å². The van der Waals surface area contributed by atoms with E-state index in [1.807, 2.05) is 24.3 Å². The standard InChI is InChI=1S/C15H21N3O/c1-3-17-11-14-15(18(2)8-9-19-14)13-6-4-12(10-16)5-7-13/h4-7,14-15,17H,3,8-9,11H2,1-2H3. The lowest BCUT2D eigenvalue weighted by atomic mass is 9.97. The molecule has 1 N–H and O–H groups in total. The number of nitriles is 1. The van der Waals surface area contributed by atoms with Crippen molar-refractivity contribution in [3.05, 3.63) is 35.4 Å². The monoisotopic (exact) mass is 259 g/mol. The van der Waals surface area contributed by atoms with Crippen LogP contribution in [0, 0.1) is 11.3 Å². The highest BCUT2D eigenvalue weighted by molar-refractivity contribution is 5.33. The zero-order chi connectivity index (χ0) is 13.7. The molecular formula is C15H21N3O. The molecule has 102 valence electrons. The number of ether oxygens (including phenoxy) is 1. The molecule has 1 aliphatic heterocycles. The number of nitrogens with one attached hydrogen (secondary N) is 1. The second-order valence-electron chi connectivity index (χ2n) is 4.88. The maximum absolute atomic E-state index is 8.86. The fourth-order valence-corrected chi connectivity index (χ4v) is 2.54. The predicted molar refractivity (Wildman–Crippen MR) is 74.8 cm³/mol. The van der Waals surface area contributed by atoms with Gasteiger partial charge in [-0.05, 0) is 31.3 Å². The minimum atomic E-state index is 0.159. The van der Waals surface area contributed by atoms with Crippen molar-refractivity contribution in [3.8, 4) is 6.07 Å². The summed E-state index contributed by atoms with van der Waals surface area (Å²) in [7, 11) is 2.13. The molecule has 0 aliphatic carbocycles. The van der Waals surface area contributed by atoms with Gasteiger partial charge in [0.25, 0.3) is 0 Å². The van der Waals surface area contributed by atoms with Crippen molar-refractivity contribution in [2.75, 3.05) is 33.3 Å². The molecule has 2 atom stereocenters. The number of nitrogens with zero attached hydrogens (tertiary/aromatic N) is 2. The molecule has 0 spiro atoms. The van der Waals surface area contributed by atoms with Crippen molar-refractivity contribution in [2.24, 2.45) is 0 Å². The third-order valence-electron chi connectivity index (χ3n) is 3.58. The maximum atomic E-state index is 8.86. The van der Waals surface area contributed by atoms with Gasteiger partial charge in [-0.25, -0.2) is 0 Å². The fourth-order valence-electron chi connectivity index (χ4n) is 2.54. The molecule has 1 aromatic rings. The Kier molecular flexibility index (Phi) is 4.92. The summed E-state index contributed by atoms with van der Waals surface area (Å²) in [5, 5.41) is 12.2. The molecule has 1 fully saturated rings. The molecule has 4 nitrogen and oxygen atoms in total. The van der Waals surface area contributed by atoms with E-state index in [4.69, 9.17) is 10.00 Å². The molecule has 0 aromatic heterocycles. The molecule has 1 heterocycles. The number of likely N-dealkylation sites (N-methyl/N-ethyl adjacent to an activating group) is 2. The van der Waals surface area contributed by atoms with Gasteiger partial charge in [0.1, 0.15) is 0 Å². The summed E-state index contributed by atoms with van der Waals surface area (Å²) >= 11 is 0. The van der Waals surface area contributed by atoms with Gasteiger partial charge < -0.3 is 10.1 Å². The van der Waals surface area contributed by atoms with Crippen molar-refractivity contribution in [1.82, 2.24) is 10.2 Å². The Morgan fingerprint density at radius 2 is 2.16 bits per heavy atom. The van der Waals surface area contributed by atoms with Crippen molar-refractivity contribution < 1.29 is 4.74 Å².